The molecule has 0 bridgehead atoms. The van der Waals surface area contributed by atoms with Crippen LogP contribution in [-0.4, -0.2) is 18.2 Å². The molecule has 0 aromatic heterocycles. The van der Waals surface area contributed by atoms with Gasteiger partial charge in [0.25, 0.3) is 0 Å². The van der Waals surface area contributed by atoms with E-state index in [1.165, 1.54) is 18.2 Å². The second-order valence-electron chi connectivity index (χ2n) is 5.15. The zero-order valence-electron chi connectivity index (χ0n) is 12.6. The SMILES string of the molecule is CN(Cc1ccc(C(F)(F)F)cc1)c1ccc(NC(=O)O)c(Cl)c1. The molecule has 0 saturated heterocycles. The van der Waals surface area contributed by atoms with Crippen LogP contribution in [0.25, 0.3) is 0 Å². The zero-order valence-corrected chi connectivity index (χ0v) is 13.3. The summed E-state index contributed by atoms with van der Waals surface area (Å²) >= 11 is 6.01. The molecule has 4 nitrogen and oxygen atoms in total. The number of amides is 1. The van der Waals surface area contributed by atoms with E-state index in [2.05, 4.69) is 5.32 Å². The Morgan fingerprint density at radius 2 is 1.83 bits per heavy atom. The predicted molar refractivity (Wildman–Crippen MR) is 86.7 cm³/mol. The van der Waals surface area contributed by atoms with Crippen LogP contribution in [0.15, 0.2) is 42.5 Å². The maximum absolute atomic E-state index is 12.5. The molecule has 0 aliphatic carbocycles. The van der Waals surface area contributed by atoms with Crippen LogP contribution in [0.5, 0.6) is 0 Å². The maximum atomic E-state index is 12.5. The summed E-state index contributed by atoms with van der Waals surface area (Å²) in [5.74, 6) is 0. The minimum atomic E-state index is -4.36. The molecule has 24 heavy (non-hydrogen) atoms. The van der Waals surface area contributed by atoms with Gasteiger partial charge in [0, 0.05) is 19.3 Å². The number of halogens is 4. The Bertz CT molecular complexity index is 733. The molecule has 8 heteroatoms. The van der Waals surface area contributed by atoms with Gasteiger partial charge < -0.3 is 10.0 Å². The second kappa shape index (κ2) is 7.00. The molecule has 128 valence electrons. The minimum absolute atomic E-state index is 0.231. The summed E-state index contributed by atoms with van der Waals surface area (Å²) < 4.78 is 37.6. The van der Waals surface area contributed by atoms with Crippen LogP contribution in [0.3, 0.4) is 0 Å². The highest BCUT2D eigenvalue weighted by Crippen LogP contribution is 2.30. The highest BCUT2D eigenvalue weighted by atomic mass is 35.5. The van der Waals surface area contributed by atoms with Crippen molar-refractivity contribution in [1.82, 2.24) is 0 Å². The number of hydrogen-bond donors (Lipinski definition) is 2. The predicted octanol–water partition coefficient (Wildman–Crippen LogP) is 5.09. The molecule has 0 spiro atoms. The third-order valence-corrected chi connectivity index (χ3v) is 3.65. The highest BCUT2D eigenvalue weighted by Gasteiger charge is 2.29. The number of carboxylic acid groups (broad SMARTS) is 1. The van der Waals surface area contributed by atoms with Gasteiger partial charge in [-0.1, -0.05) is 23.7 Å². The molecule has 2 aromatic rings. The van der Waals surface area contributed by atoms with E-state index in [0.717, 1.165) is 12.1 Å². The Balaban J connectivity index is 2.10. The summed E-state index contributed by atoms with van der Waals surface area (Å²) in [5.41, 5.74) is 0.974. The second-order valence-corrected chi connectivity index (χ2v) is 5.55. The summed E-state index contributed by atoms with van der Waals surface area (Å²) in [6, 6.07) is 9.68. The largest absolute Gasteiger partial charge is 0.465 e. The van der Waals surface area contributed by atoms with E-state index in [-0.39, 0.29) is 10.7 Å². The summed E-state index contributed by atoms with van der Waals surface area (Å²) in [7, 11) is 1.76. The molecule has 0 radical (unpaired) electrons. The lowest BCUT2D eigenvalue weighted by Crippen LogP contribution is -2.17. The van der Waals surface area contributed by atoms with Gasteiger partial charge in [-0.15, -0.1) is 0 Å². The van der Waals surface area contributed by atoms with Crippen LogP contribution in [0.1, 0.15) is 11.1 Å². The van der Waals surface area contributed by atoms with E-state index >= 15 is 0 Å². The molecule has 0 fully saturated rings. The third-order valence-electron chi connectivity index (χ3n) is 3.34. The molecule has 2 rings (SSSR count). The van der Waals surface area contributed by atoms with Gasteiger partial charge in [-0.2, -0.15) is 13.2 Å². The van der Waals surface area contributed by atoms with Gasteiger partial charge in [0.15, 0.2) is 0 Å². The molecule has 0 saturated carbocycles. The molecule has 0 heterocycles. The fourth-order valence-electron chi connectivity index (χ4n) is 2.12. The fraction of sp³-hybridized carbons (Fsp3) is 0.188. The van der Waals surface area contributed by atoms with Crippen molar-refractivity contribution < 1.29 is 23.1 Å². The van der Waals surface area contributed by atoms with Gasteiger partial charge in [-0.25, -0.2) is 4.79 Å². The molecule has 0 unspecified atom stereocenters. The minimum Gasteiger partial charge on any atom is -0.465 e. The number of carbonyl (C=O) groups is 1. The van der Waals surface area contributed by atoms with Crippen LogP contribution in [0.4, 0.5) is 29.3 Å². The first-order valence-electron chi connectivity index (χ1n) is 6.83. The number of hydrogen-bond acceptors (Lipinski definition) is 2. The number of nitrogens with zero attached hydrogens (tertiary/aromatic N) is 1. The molecular formula is C16H14ClF3N2O2. The Hall–Kier alpha value is -2.41. The average molecular weight is 359 g/mol. The van der Waals surface area contributed by atoms with E-state index in [1.54, 1.807) is 24.1 Å². The molecule has 1 amide bonds. The lowest BCUT2D eigenvalue weighted by molar-refractivity contribution is -0.137. The highest BCUT2D eigenvalue weighted by molar-refractivity contribution is 6.33. The zero-order chi connectivity index (χ0) is 17.9. The smallest absolute Gasteiger partial charge is 0.416 e. The summed E-state index contributed by atoms with van der Waals surface area (Å²) in [6.07, 6.45) is -5.58. The van der Waals surface area contributed by atoms with Crippen LogP contribution in [0.2, 0.25) is 5.02 Å². The first-order valence-corrected chi connectivity index (χ1v) is 7.21. The van der Waals surface area contributed by atoms with Crippen molar-refractivity contribution >= 4 is 29.1 Å². The van der Waals surface area contributed by atoms with Crippen molar-refractivity contribution in [2.75, 3.05) is 17.3 Å². The van der Waals surface area contributed by atoms with E-state index < -0.39 is 17.8 Å². The van der Waals surface area contributed by atoms with Gasteiger partial charge in [-0.3, -0.25) is 5.32 Å². The normalized spacial score (nSPS) is 11.2. The third kappa shape index (κ3) is 4.55. The van der Waals surface area contributed by atoms with Gasteiger partial charge in [0.2, 0.25) is 0 Å². The Morgan fingerprint density at radius 1 is 1.21 bits per heavy atom. The fourth-order valence-corrected chi connectivity index (χ4v) is 2.34. The van der Waals surface area contributed by atoms with E-state index in [1.807, 2.05) is 0 Å². The van der Waals surface area contributed by atoms with Crippen molar-refractivity contribution in [3.05, 3.63) is 58.6 Å². The average Bonchev–Trinajstić information content (AvgIpc) is 2.48. The number of nitrogens with one attached hydrogen (secondary N) is 1. The van der Waals surface area contributed by atoms with E-state index in [4.69, 9.17) is 16.7 Å². The van der Waals surface area contributed by atoms with E-state index in [9.17, 15) is 18.0 Å². The van der Waals surface area contributed by atoms with Crippen molar-refractivity contribution in [1.29, 1.82) is 0 Å². The molecule has 0 aliphatic heterocycles. The number of anilines is 2. The van der Waals surface area contributed by atoms with Gasteiger partial charge in [0.1, 0.15) is 0 Å². The molecule has 0 atom stereocenters. The Morgan fingerprint density at radius 3 is 2.33 bits per heavy atom. The van der Waals surface area contributed by atoms with Crippen LogP contribution >= 0.6 is 11.6 Å². The number of alkyl halides is 3. The number of benzene rings is 2. The maximum Gasteiger partial charge on any atom is 0.416 e. The van der Waals surface area contributed by atoms with Crippen LogP contribution < -0.4 is 10.2 Å². The van der Waals surface area contributed by atoms with Crippen LogP contribution in [0, 0.1) is 0 Å². The molecular weight excluding hydrogens is 345 g/mol. The van der Waals surface area contributed by atoms with Crippen molar-refractivity contribution in [3.8, 4) is 0 Å². The topological polar surface area (TPSA) is 52.6 Å². The summed E-state index contributed by atoms with van der Waals surface area (Å²) in [4.78, 5) is 12.4. The molecule has 2 N–H and O–H groups in total. The van der Waals surface area contributed by atoms with Crippen molar-refractivity contribution in [3.63, 3.8) is 0 Å². The Labute approximate surface area is 141 Å². The van der Waals surface area contributed by atoms with Gasteiger partial charge in [0.05, 0.1) is 16.3 Å². The quantitative estimate of drug-likeness (QED) is 0.800. The lowest BCUT2D eigenvalue weighted by atomic mass is 10.1. The first-order chi connectivity index (χ1) is 11.2. The van der Waals surface area contributed by atoms with Crippen molar-refractivity contribution in [2.24, 2.45) is 0 Å². The van der Waals surface area contributed by atoms with Gasteiger partial charge in [-0.05, 0) is 35.9 Å². The number of rotatable bonds is 4. The van der Waals surface area contributed by atoms with E-state index in [0.29, 0.717) is 17.8 Å². The first kappa shape index (κ1) is 17.9. The lowest BCUT2D eigenvalue weighted by Gasteiger charge is -2.20. The monoisotopic (exact) mass is 358 g/mol. The Kier molecular flexibility index (Phi) is 5.23. The summed E-state index contributed by atoms with van der Waals surface area (Å²) in [5, 5.41) is 11.1. The molecule has 0 aliphatic rings. The van der Waals surface area contributed by atoms with Crippen molar-refractivity contribution in [2.45, 2.75) is 12.7 Å². The standard InChI is InChI=1S/C16H14ClF3N2O2/c1-22(9-10-2-4-11(5-3-10)16(18,19)20)12-6-7-14(13(17)8-12)21-15(23)24/h2-8,21H,9H2,1H3,(H,23,24). The summed E-state index contributed by atoms with van der Waals surface area (Å²) in [6.45, 7) is 0.375. The van der Waals surface area contributed by atoms with Gasteiger partial charge >= 0.3 is 12.3 Å². The van der Waals surface area contributed by atoms with Crippen LogP contribution in [-0.2, 0) is 12.7 Å². The molecule has 2 aromatic carbocycles.